The summed E-state index contributed by atoms with van der Waals surface area (Å²) in [6, 6.07) is 6.72. The fraction of sp³-hybridized carbons (Fsp3) is 0.321. The van der Waals surface area contributed by atoms with Crippen molar-refractivity contribution in [2.24, 2.45) is 0 Å². The second kappa shape index (κ2) is 12.5. The van der Waals surface area contributed by atoms with Crippen molar-refractivity contribution in [1.82, 2.24) is 19.5 Å². The van der Waals surface area contributed by atoms with E-state index < -0.39 is 11.7 Å². The average molecular weight is 619 g/mol. The number of nitrogens with one attached hydrogen (secondary N) is 1. The number of pyridine rings is 2. The molecular formula is C28H29Cl2N5O5S. The van der Waals surface area contributed by atoms with Crippen molar-refractivity contribution < 1.29 is 19.0 Å². The number of halogens is 2. The Morgan fingerprint density at radius 2 is 1.73 bits per heavy atom. The molecule has 0 aliphatic heterocycles. The number of benzene rings is 1. The fourth-order valence-electron chi connectivity index (χ4n) is 4.04. The molecule has 0 spiro atoms. The first-order valence-electron chi connectivity index (χ1n) is 12.5. The fourth-order valence-corrected chi connectivity index (χ4v) is 5.08. The highest BCUT2D eigenvalue weighted by Crippen LogP contribution is 2.45. The Hall–Kier alpha value is -3.54. The van der Waals surface area contributed by atoms with Gasteiger partial charge in [-0.05, 0) is 45.2 Å². The lowest BCUT2D eigenvalue weighted by atomic mass is 10.0. The molecule has 0 atom stereocenters. The van der Waals surface area contributed by atoms with E-state index in [4.69, 9.17) is 37.4 Å². The van der Waals surface area contributed by atoms with Gasteiger partial charge in [0.2, 0.25) is 0 Å². The molecule has 0 saturated carbocycles. The topological polar surface area (TPSA) is 117 Å². The third-order valence-corrected chi connectivity index (χ3v) is 7.20. The lowest BCUT2D eigenvalue weighted by molar-refractivity contribution is 0.0636. The lowest BCUT2D eigenvalue weighted by Gasteiger charge is -2.19. The maximum absolute atomic E-state index is 14.0. The van der Waals surface area contributed by atoms with Gasteiger partial charge in [-0.1, -0.05) is 35.0 Å². The molecule has 1 N–H and O–H groups in total. The number of aryl methyl sites for hydroxylation is 2. The van der Waals surface area contributed by atoms with Gasteiger partial charge in [0.1, 0.15) is 22.7 Å². The van der Waals surface area contributed by atoms with Gasteiger partial charge in [-0.2, -0.15) is 0 Å². The van der Waals surface area contributed by atoms with Crippen LogP contribution in [0.4, 0.5) is 10.5 Å². The van der Waals surface area contributed by atoms with Crippen LogP contribution in [0.2, 0.25) is 10.0 Å². The largest absolute Gasteiger partial charge is 0.495 e. The predicted molar refractivity (Wildman–Crippen MR) is 162 cm³/mol. The number of hydrogen-bond acceptors (Lipinski definition) is 9. The SMILES string of the molecule is COc1cc(OC)c(Cl)c(-c2cc3cnc(SC)nc3n(CCc3ccc(NC(=O)OC(C)(C)C)cn3)c2=O)c1Cl. The van der Waals surface area contributed by atoms with Gasteiger partial charge in [0, 0.05) is 41.9 Å². The average Bonchev–Trinajstić information content (AvgIpc) is 2.92. The smallest absolute Gasteiger partial charge is 0.412 e. The monoisotopic (exact) mass is 617 g/mol. The van der Waals surface area contributed by atoms with Crippen LogP contribution in [0.1, 0.15) is 26.5 Å². The summed E-state index contributed by atoms with van der Waals surface area (Å²) in [5.41, 5.74) is 1.20. The summed E-state index contributed by atoms with van der Waals surface area (Å²) < 4.78 is 17.6. The van der Waals surface area contributed by atoms with E-state index in [0.29, 0.717) is 45.5 Å². The van der Waals surface area contributed by atoms with Crippen LogP contribution in [0.3, 0.4) is 0 Å². The molecule has 0 fully saturated rings. The molecule has 3 aromatic heterocycles. The zero-order valence-corrected chi connectivity index (χ0v) is 25.7. The molecule has 13 heteroatoms. The molecule has 0 saturated heterocycles. The van der Waals surface area contributed by atoms with E-state index in [-0.39, 0.29) is 33.3 Å². The van der Waals surface area contributed by atoms with Crippen LogP contribution in [-0.4, -0.2) is 51.7 Å². The molecule has 4 rings (SSSR count). The molecular weight excluding hydrogens is 589 g/mol. The van der Waals surface area contributed by atoms with E-state index in [1.165, 1.54) is 32.2 Å². The zero-order valence-electron chi connectivity index (χ0n) is 23.4. The lowest BCUT2D eigenvalue weighted by Crippen LogP contribution is -2.27. The molecule has 0 bridgehead atoms. The maximum atomic E-state index is 14.0. The molecule has 1 amide bonds. The van der Waals surface area contributed by atoms with E-state index in [9.17, 15) is 9.59 Å². The number of ether oxygens (including phenoxy) is 3. The van der Waals surface area contributed by atoms with Crippen LogP contribution in [0.15, 0.2) is 46.6 Å². The number of aromatic nitrogens is 4. The number of carbonyl (C=O) groups excluding carboxylic acids is 1. The van der Waals surface area contributed by atoms with E-state index in [0.717, 1.165) is 0 Å². The first-order valence-corrected chi connectivity index (χ1v) is 14.4. The Kier molecular flexibility index (Phi) is 9.31. The Morgan fingerprint density at radius 3 is 2.29 bits per heavy atom. The Morgan fingerprint density at radius 1 is 1.05 bits per heavy atom. The van der Waals surface area contributed by atoms with Gasteiger partial charge in [-0.25, -0.2) is 14.8 Å². The molecule has 10 nitrogen and oxygen atoms in total. The second-order valence-electron chi connectivity index (χ2n) is 9.85. The first-order chi connectivity index (χ1) is 19.4. The highest BCUT2D eigenvalue weighted by atomic mass is 35.5. The number of hydrogen-bond donors (Lipinski definition) is 1. The first kappa shape index (κ1) is 30.4. The van der Waals surface area contributed by atoms with Gasteiger partial charge in [0.25, 0.3) is 5.56 Å². The number of carbonyl (C=O) groups is 1. The Balaban J connectivity index is 1.74. The summed E-state index contributed by atoms with van der Waals surface area (Å²) in [6.07, 6.45) is 4.87. The minimum atomic E-state index is -0.619. The predicted octanol–water partition coefficient (Wildman–Crippen LogP) is 6.49. The highest BCUT2D eigenvalue weighted by Gasteiger charge is 2.23. The number of fused-ring (bicyclic) bond motifs is 1. The minimum absolute atomic E-state index is 0.178. The van der Waals surface area contributed by atoms with E-state index in [1.807, 2.05) is 6.26 Å². The van der Waals surface area contributed by atoms with Gasteiger partial charge in [0.15, 0.2) is 5.16 Å². The van der Waals surface area contributed by atoms with Crippen LogP contribution >= 0.6 is 35.0 Å². The molecule has 0 aliphatic rings. The zero-order chi connectivity index (χ0) is 29.9. The summed E-state index contributed by atoms with van der Waals surface area (Å²) in [5, 5.41) is 4.16. The van der Waals surface area contributed by atoms with E-state index >= 15 is 0 Å². The molecule has 4 aromatic rings. The molecule has 41 heavy (non-hydrogen) atoms. The molecule has 0 unspecified atom stereocenters. The highest BCUT2D eigenvalue weighted by molar-refractivity contribution is 7.98. The van der Waals surface area contributed by atoms with Crippen molar-refractivity contribution in [3.8, 4) is 22.6 Å². The number of anilines is 1. The van der Waals surface area contributed by atoms with Crippen LogP contribution in [0.25, 0.3) is 22.2 Å². The molecule has 216 valence electrons. The summed E-state index contributed by atoms with van der Waals surface area (Å²) >= 11 is 14.7. The molecule has 3 heterocycles. The van der Waals surface area contributed by atoms with Gasteiger partial charge in [-0.15, -0.1) is 0 Å². The van der Waals surface area contributed by atoms with Crippen LogP contribution in [0, 0.1) is 0 Å². The molecule has 0 radical (unpaired) electrons. The third-order valence-electron chi connectivity index (χ3n) is 5.89. The summed E-state index contributed by atoms with van der Waals surface area (Å²) in [7, 11) is 2.94. The van der Waals surface area contributed by atoms with E-state index in [2.05, 4.69) is 20.3 Å². The Labute approximate surface area is 251 Å². The number of nitrogens with zero attached hydrogens (tertiary/aromatic N) is 4. The van der Waals surface area contributed by atoms with E-state index in [1.54, 1.807) is 55.8 Å². The van der Waals surface area contributed by atoms with Crippen LogP contribution < -0.4 is 20.3 Å². The molecule has 1 aromatic carbocycles. The third kappa shape index (κ3) is 6.86. The van der Waals surface area contributed by atoms with Crippen molar-refractivity contribution >= 4 is 57.8 Å². The van der Waals surface area contributed by atoms with Gasteiger partial charge >= 0.3 is 6.09 Å². The van der Waals surface area contributed by atoms with Crippen LogP contribution in [-0.2, 0) is 17.7 Å². The summed E-state index contributed by atoms with van der Waals surface area (Å²) in [6.45, 7) is 5.60. The van der Waals surface area contributed by atoms with Crippen LogP contribution in [0.5, 0.6) is 11.5 Å². The van der Waals surface area contributed by atoms with Gasteiger partial charge in [0.05, 0.1) is 41.7 Å². The summed E-state index contributed by atoms with van der Waals surface area (Å²) in [4.78, 5) is 39.5. The van der Waals surface area contributed by atoms with Crippen molar-refractivity contribution in [3.05, 3.63) is 62.8 Å². The van der Waals surface area contributed by atoms with Crippen molar-refractivity contribution in [2.75, 3.05) is 25.8 Å². The van der Waals surface area contributed by atoms with Crippen molar-refractivity contribution in [2.45, 2.75) is 44.5 Å². The Bertz CT molecular complexity index is 1630. The number of rotatable bonds is 8. The van der Waals surface area contributed by atoms with Crippen molar-refractivity contribution in [3.63, 3.8) is 0 Å². The normalized spacial score (nSPS) is 11.4. The minimum Gasteiger partial charge on any atom is -0.495 e. The summed E-state index contributed by atoms with van der Waals surface area (Å²) in [5.74, 6) is 0.624. The van der Waals surface area contributed by atoms with Gasteiger partial charge < -0.3 is 14.2 Å². The number of amides is 1. The maximum Gasteiger partial charge on any atom is 0.412 e. The second-order valence-corrected chi connectivity index (χ2v) is 11.4. The van der Waals surface area contributed by atoms with Gasteiger partial charge in [-0.3, -0.25) is 19.7 Å². The number of methoxy groups -OCH3 is 2. The standard InChI is InChI=1S/C28H29Cl2N5O5S/c1-28(2,3)40-27(37)33-17-8-7-16(31-14-17)9-10-35-24-15(13-32-26(34-24)41-6)11-18(25(35)36)21-22(29)19(38-4)12-20(39-5)23(21)30/h7-8,11-14H,9-10H2,1-6H3,(H,33,37). The molecule has 0 aliphatic carbocycles. The van der Waals surface area contributed by atoms with Crippen molar-refractivity contribution in [1.29, 1.82) is 0 Å². The number of thioether (sulfide) groups is 1. The quantitative estimate of drug-likeness (QED) is 0.175.